The van der Waals surface area contributed by atoms with Crippen LogP contribution in [0.2, 0.25) is 0 Å². The zero-order chi connectivity index (χ0) is 21.9. The van der Waals surface area contributed by atoms with Crippen LogP contribution in [0.15, 0.2) is 12.2 Å². The van der Waals surface area contributed by atoms with E-state index in [1.54, 1.807) is 6.92 Å². The van der Waals surface area contributed by atoms with Gasteiger partial charge in [0.25, 0.3) is 0 Å². The summed E-state index contributed by atoms with van der Waals surface area (Å²) in [4.78, 5) is 0. The normalized spacial score (nSPS) is 15.6. The monoisotopic (exact) mass is 430 g/mol. The Morgan fingerprint density at radius 2 is 1.00 bits per heavy atom. The number of alkyl halides is 13. The summed E-state index contributed by atoms with van der Waals surface area (Å²) in [5.74, 6) is -36.5. The number of unbranched alkanes of at least 4 members (excludes halogenated alkanes) is 3. The van der Waals surface area contributed by atoms with Crippen molar-refractivity contribution < 1.29 is 57.1 Å². The first-order chi connectivity index (χ1) is 11.8. The maximum absolute atomic E-state index is 13.3. The molecule has 0 N–H and O–H groups in total. The van der Waals surface area contributed by atoms with Crippen molar-refractivity contribution in [2.45, 2.75) is 74.8 Å². The van der Waals surface area contributed by atoms with Crippen LogP contribution < -0.4 is 0 Å². The highest BCUT2D eigenvalue weighted by atomic mass is 19.4. The van der Waals surface area contributed by atoms with Gasteiger partial charge in [0.05, 0.1) is 0 Å². The van der Waals surface area contributed by atoms with Crippen LogP contribution in [0.3, 0.4) is 0 Å². The van der Waals surface area contributed by atoms with Gasteiger partial charge in [0, 0.05) is 6.42 Å². The van der Waals surface area contributed by atoms with E-state index in [-0.39, 0.29) is 12.5 Å². The molecule has 0 aromatic heterocycles. The fourth-order valence-corrected chi connectivity index (χ4v) is 1.79. The lowest BCUT2D eigenvalue weighted by molar-refractivity contribution is -0.439. The summed E-state index contributed by atoms with van der Waals surface area (Å²) in [5.41, 5.74) is 0. The molecule has 0 amide bonds. The van der Waals surface area contributed by atoms with Crippen molar-refractivity contribution in [3.63, 3.8) is 0 Å². The number of hydrogen-bond donors (Lipinski definition) is 0. The molecule has 0 spiro atoms. The van der Waals surface area contributed by atoms with E-state index in [1.165, 1.54) is 0 Å². The van der Waals surface area contributed by atoms with Crippen LogP contribution in [0.5, 0.6) is 0 Å². The Balaban J connectivity index is 5.68. The van der Waals surface area contributed by atoms with Crippen LogP contribution in [0.25, 0.3) is 0 Å². The summed E-state index contributed by atoms with van der Waals surface area (Å²) in [7, 11) is 0. The van der Waals surface area contributed by atoms with Crippen LogP contribution in [-0.2, 0) is 0 Å². The molecule has 0 aromatic rings. The lowest BCUT2D eigenvalue weighted by Crippen LogP contribution is -2.70. The quantitative estimate of drug-likeness (QED) is 0.195. The second kappa shape index (κ2) is 8.06. The Hall–Kier alpha value is -1.17. The zero-order valence-electron chi connectivity index (χ0n) is 13.6. The van der Waals surface area contributed by atoms with Crippen molar-refractivity contribution in [2.24, 2.45) is 0 Å². The van der Waals surface area contributed by atoms with Gasteiger partial charge in [0.15, 0.2) is 0 Å². The molecule has 0 aliphatic heterocycles. The molecular weight excluding hydrogens is 415 g/mol. The number of allylic oxidation sites excluding steroid dienone is 2. The fourth-order valence-electron chi connectivity index (χ4n) is 1.79. The van der Waals surface area contributed by atoms with E-state index < -0.39 is 42.2 Å². The molecular formula is C14H15F13. The maximum atomic E-state index is 13.3. The highest BCUT2D eigenvalue weighted by Gasteiger charge is 2.90. The molecule has 0 unspecified atom stereocenters. The maximum Gasteiger partial charge on any atom is 0.460 e. The van der Waals surface area contributed by atoms with Crippen molar-refractivity contribution in [1.82, 2.24) is 0 Å². The van der Waals surface area contributed by atoms with Crippen LogP contribution >= 0.6 is 0 Å². The molecule has 0 rings (SSSR count). The summed E-state index contributed by atoms with van der Waals surface area (Å²) >= 11 is 0. The first kappa shape index (κ1) is 25.8. The molecule has 0 saturated carbocycles. The Morgan fingerprint density at radius 3 is 1.41 bits per heavy atom. The lowest BCUT2D eigenvalue weighted by atomic mass is 9.92. The summed E-state index contributed by atoms with van der Waals surface area (Å²) in [6.07, 6.45) is -6.82. The molecule has 0 bridgehead atoms. The highest BCUT2D eigenvalue weighted by Crippen LogP contribution is 2.60. The Kier molecular flexibility index (Phi) is 7.71. The molecule has 0 aliphatic rings. The van der Waals surface area contributed by atoms with Crippen molar-refractivity contribution >= 4 is 0 Å². The minimum absolute atomic E-state index is 0.0498. The molecule has 0 aliphatic carbocycles. The summed E-state index contributed by atoms with van der Waals surface area (Å²) in [5, 5.41) is 0. The minimum atomic E-state index is -7.84. The Bertz CT molecular complexity index is 502. The zero-order valence-corrected chi connectivity index (χ0v) is 13.6. The number of rotatable bonds is 10. The van der Waals surface area contributed by atoms with Gasteiger partial charge in [0.1, 0.15) is 0 Å². The minimum Gasteiger partial charge on any atom is -0.199 e. The second-order valence-electron chi connectivity index (χ2n) is 5.67. The van der Waals surface area contributed by atoms with Gasteiger partial charge in [-0.05, 0) is 12.8 Å². The predicted octanol–water partition coefficient (Wildman–Crippen LogP) is 7.25. The van der Waals surface area contributed by atoms with E-state index >= 15 is 0 Å². The van der Waals surface area contributed by atoms with Gasteiger partial charge in [-0.15, -0.1) is 0 Å². The topological polar surface area (TPSA) is 0 Å². The van der Waals surface area contributed by atoms with Gasteiger partial charge in [0.2, 0.25) is 0 Å². The van der Waals surface area contributed by atoms with Gasteiger partial charge in [-0.1, -0.05) is 31.9 Å². The molecule has 0 radical (unpaired) electrons. The van der Waals surface area contributed by atoms with E-state index in [9.17, 15) is 57.1 Å². The van der Waals surface area contributed by atoms with Crippen molar-refractivity contribution in [2.75, 3.05) is 0 Å². The molecule has 0 aromatic carbocycles. The van der Waals surface area contributed by atoms with Gasteiger partial charge < -0.3 is 0 Å². The highest BCUT2D eigenvalue weighted by molar-refractivity contribution is 5.11. The third-order valence-electron chi connectivity index (χ3n) is 3.51. The predicted molar refractivity (Wildman–Crippen MR) is 68.7 cm³/mol. The molecule has 0 atom stereocenters. The lowest BCUT2D eigenvalue weighted by Gasteiger charge is -2.39. The van der Waals surface area contributed by atoms with Crippen molar-refractivity contribution in [1.29, 1.82) is 0 Å². The fraction of sp³-hybridized carbons (Fsp3) is 0.857. The van der Waals surface area contributed by atoms with Gasteiger partial charge >= 0.3 is 35.8 Å². The first-order valence-electron chi connectivity index (χ1n) is 7.42. The smallest absolute Gasteiger partial charge is 0.199 e. The standard InChI is InChI=1S/C14H15F13/c1-2-3-4-5-6-7-8-9(15,16)10(17,18)11(19,20)12(21,22)13(23,24)14(25,26)27/h6-7H,2-5,8H2,1H3. The molecule has 0 nitrogen and oxygen atoms in total. The Morgan fingerprint density at radius 1 is 0.556 bits per heavy atom. The van der Waals surface area contributed by atoms with E-state index in [4.69, 9.17) is 0 Å². The van der Waals surface area contributed by atoms with Gasteiger partial charge in [-0.3, -0.25) is 0 Å². The van der Waals surface area contributed by atoms with E-state index in [1.807, 2.05) is 0 Å². The van der Waals surface area contributed by atoms with Gasteiger partial charge in [-0.2, -0.15) is 57.1 Å². The molecule has 0 heterocycles. The van der Waals surface area contributed by atoms with E-state index in [0.717, 1.165) is 6.08 Å². The third kappa shape index (κ3) is 4.64. The SMILES string of the molecule is CCCCCC=CCC(F)(F)C(F)(F)C(F)(F)C(F)(F)C(F)(F)C(F)(F)F. The van der Waals surface area contributed by atoms with Crippen molar-refractivity contribution in [3.8, 4) is 0 Å². The Labute approximate surface area is 145 Å². The van der Waals surface area contributed by atoms with Crippen LogP contribution in [-0.4, -0.2) is 35.8 Å². The molecule has 27 heavy (non-hydrogen) atoms. The first-order valence-corrected chi connectivity index (χ1v) is 7.42. The largest absolute Gasteiger partial charge is 0.460 e. The average Bonchev–Trinajstić information content (AvgIpc) is 2.48. The third-order valence-corrected chi connectivity index (χ3v) is 3.51. The summed E-state index contributed by atoms with van der Waals surface area (Å²) < 4.78 is 167. The van der Waals surface area contributed by atoms with Gasteiger partial charge in [-0.25, -0.2) is 0 Å². The van der Waals surface area contributed by atoms with E-state index in [0.29, 0.717) is 19.3 Å². The molecule has 162 valence electrons. The second-order valence-corrected chi connectivity index (χ2v) is 5.67. The molecule has 0 fully saturated rings. The van der Waals surface area contributed by atoms with Crippen LogP contribution in [0, 0.1) is 0 Å². The van der Waals surface area contributed by atoms with Crippen molar-refractivity contribution in [3.05, 3.63) is 12.2 Å². The van der Waals surface area contributed by atoms with E-state index in [2.05, 4.69) is 0 Å². The molecule has 13 heteroatoms. The van der Waals surface area contributed by atoms with Crippen LogP contribution in [0.4, 0.5) is 57.1 Å². The summed E-state index contributed by atoms with van der Waals surface area (Å²) in [6.45, 7) is 1.76. The number of halogens is 13. The average molecular weight is 430 g/mol. The number of hydrogen-bond acceptors (Lipinski definition) is 0. The molecule has 0 saturated heterocycles. The summed E-state index contributed by atoms with van der Waals surface area (Å²) in [6, 6.07) is 0. The van der Waals surface area contributed by atoms with Crippen LogP contribution in [0.1, 0.15) is 39.0 Å².